The molecule has 0 radical (unpaired) electrons. The van der Waals surface area contributed by atoms with Gasteiger partial charge in [0.05, 0.1) is 5.60 Å². The van der Waals surface area contributed by atoms with Crippen LogP contribution in [0.3, 0.4) is 0 Å². The molecule has 1 aliphatic rings. The number of hydrogen-bond donors (Lipinski definition) is 1. The molecule has 140 valence electrons. The van der Waals surface area contributed by atoms with Crippen LogP contribution in [-0.2, 0) is 0 Å². The molecule has 0 saturated carbocycles. The van der Waals surface area contributed by atoms with Crippen molar-refractivity contribution in [3.8, 4) is 0 Å². The van der Waals surface area contributed by atoms with Gasteiger partial charge in [-0.25, -0.2) is 0 Å². The molecule has 0 aromatic heterocycles. The third-order valence-corrected chi connectivity index (χ3v) is 5.21. The topological polar surface area (TPSA) is 47.0 Å². The summed E-state index contributed by atoms with van der Waals surface area (Å²) in [7, 11) is 7.96. The normalized spacial score (nSPS) is 16.9. The molecule has 5 heteroatoms. The molecule has 0 bridgehead atoms. The van der Waals surface area contributed by atoms with E-state index >= 15 is 0 Å². The fourth-order valence-corrected chi connectivity index (χ4v) is 3.90. The molecule has 1 amide bonds. The number of carbonyl (C=O) groups excluding carboxylic acids is 1. The standard InChI is InChI=1S/C21H29N3O2/c1-22(2)15-21(26)11-13-24(14-12-21)20(25)18-9-10-19(23(3)4)17-8-6-5-7-16(17)18/h5-10,26H,11-15H2,1-4H3. The van der Waals surface area contributed by atoms with Gasteiger partial charge in [-0.2, -0.15) is 0 Å². The summed E-state index contributed by atoms with van der Waals surface area (Å²) < 4.78 is 0. The molecule has 3 rings (SSSR count). The lowest BCUT2D eigenvalue weighted by molar-refractivity contribution is -0.0324. The Morgan fingerprint density at radius 1 is 1.04 bits per heavy atom. The monoisotopic (exact) mass is 355 g/mol. The number of piperidine rings is 1. The summed E-state index contributed by atoms with van der Waals surface area (Å²) >= 11 is 0. The summed E-state index contributed by atoms with van der Waals surface area (Å²) in [6, 6.07) is 12.0. The van der Waals surface area contributed by atoms with Crippen molar-refractivity contribution in [3.63, 3.8) is 0 Å². The van der Waals surface area contributed by atoms with E-state index in [9.17, 15) is 9.90 Å². The maximum Gasteiger partial charge on any atom is 0.254 e. The second-order valence-corrected chi connectivity index (χ2v) is 7.83. The van der Waals surface area contributed by atoms with E-state index in [2.05, 4.69) is 11.0 Å². The van der Waals surface area contributed by atoms with Gasteiger partial charge in [0, 0.05) is 50.4 Å². The van der Waals surface area contributed by atoms with Crippen molar-refractivity contribution in [2.24, 2.45) is 0 Å². The average molecular weight is 355 g/mol. The van der Waals surface area contributed by atoms with Gasteiger partial charge in [0.25, 0.3) is 5.91 Å². The fourth-order valence-electron chi connectivity index (χ4n) is 3.90. The molecule has 1 heterocycles. The van der Waals surface area contributed by atoms with E-state index in [1.165, 1.54) is 0 Å². The first kappa shape index (κ1) is 18.7. The molecule has 0 spiro atoms. The van der Waals surface area contributed by atoms with Crippen molar-refractivity contribution in [2.45, 2.75) is 18.4 Å². The molecule has 0 aliphatic carbocycles. The number of aliphatic hydroxyl groups is 1. The Hall–Kier alpha value is -2.11. The molecule has 1 aliphatic heterocycles. The van der Waals surface area contributed by atoms with Gasteiger partial charge in [0.2, 0.25) is 0 Å². The highest BCUT2D eigenvalue weighted by Crippen LogP contribution is 2.30. The Kier molecular flexibility index (Phi) is 5.21. The molecule has 2 aromatic carbocycles. The van der Waals surface area contributed by atoms with E-state index < -0.39 is 5.60 Å². The van der Waals surface area contributed by atoms with Crippen LogP contribution in [0.15, 0.2) is 36.4 Å². The van der Waals surface area contributed by atoms with Gasteiger partial charge >= 0.3 is 0 Å². The summed E-state index contributed by atoms with van der Waals surface area (Å²) in [6.45, 7) is 1.81. The third-order valence-electron chi connectivity index (χ3n) is 5.21. The number of likely N-dealkylation sites (tertiary alicyclic amines) is 1. The van der Waals surface area contributed by atoms with Crippen LogP contribution in [-0.4, -0.2) is 74.2 Å². The molecule has 1 fully saturated rings. The molecular formula is C21H29N3O2. The number of amides is 1. The number of benzene rings is 2. The van der Waals surface area contributed by atoms with Crippen molar-refractivity contribution in [3.05, 3.63) is 42.0 Å². The summed E-state index contributed by atoms with van der Waals surface area (Å²) in [5, 5.41) is 12.8. The van der Waals surface area contributed by atoms with Crippen LogP contribution in [0, 0.1) is 0 Å². The fraction of sp³-hybridized carbons (Fsp3) is 0.476. The number of rotatable bonds is 4. The highest BCUT2D eigenvalue weighted by Gasteiger charge is 2.34. The van der Waals surface area contributed by atoms with Crippen molar-refractivity contribution in [1.29, 1.82) is 0 Å². The van der Waals surface area contributed by atoms with E-state index in [4.69, 9.17) is 0 Å². The quantitative estimate of drug-likeness (QED) is 0.915. The molecule has 26 heavy (non-hydrogen) atoms. The van der Waals surface area contributed by atoms with Gasteiger partial charge in [-0.3, -0.25) is 4.79 Å². The third kappa shape index (κ3) is 3.69. The highest BCUT2D eigenvalue weighted by atomic mass is 16.3. The zero-order chi connectivity index (χ0) is 18.9. The van der Waals surface area contributed by atoms with Crippen LogP contribution < -0.4 is 4.90 Å². The Balaban J connectivity index is 1.85. The number of carbonyl (C=O) groups is 1. The Morgan fingerprint density at radius 2 is 1.65 bits per heavy atom. The minimum absolute atomic E-state index is 0.0541. The molecule has 2 aromatic rings. The predicted molar refractivity (Wildman–Crippen MR) is 107 cm³/mol. The number of anilines is 1. The Labute approximate surface area is 155 Å². The smallest absolute Gasteiger partial charge is 0.254 e. The van der Waals surface area contributed by atoms with Gasteiger partial charge in [-0.1, -0.05) is 24.3 Å². The lowest BCUT2D eigenvalue weighted by Crippen LogP contribution is -2.51. The maximum absolute atomic E-state index is 13.1. The van der Waals surface area contributed by atoms with Gasteiger partial charge in [0.1, 0.15) is 0 Å². The first-order valence-electron chi connectivity index (χ1n) is 9.16. The molecule has 0 unspecified atom stereocenters. The van der Waals surface area contributed by atoms with Crippen LogP contribution in [0.2, 0.25) is 0 Å². The van der Waals surface area contributed by atoms with Crippen molar-refractivity contribution < 1.29 is 9.90 Å². The Morgan fingerprint density at radius 3 is 2.23 bits per heavy atom. The van der Waals surface area contributed by atoms with Crippen LogP contribution in [0.25, 0.3) is 10.8 Å². The van der Waals surface area contributed by atoms with E-state index in [0.717, 1.165) is 22.0 Å². The largest absolute Gasteiger partial charge is 0.388 e. The van der Waals surface area contributed by atoms with Gasteiger partial charge in [0.15, 0.2) is 0 Å². The van der Waals surface area contributed by atoms with Gasteiger partial charge < -0.3 is 19.8 Å². The van der Waals surface area contributed by atoms with Crippen LogP contribution in [0.5, 0.6) is 0 Å². The zero-order valence-electron chi connectivity index (χ0n) is 16.2. The van der Waals surface area contributed by atoms with Crippen molar-refractivity contribution >= 4 is 22.4 Å². The van der Waals surface area contributed by atoms with Gasteiger partial charge in [-0.15, -0.1) is 0 Å². The summed E-state index contributed by atoms with van der Waals surface area (Å²) in [5.74, 6) is 0.0541. The predicted octanol–water partition coefficient (Wildman–Crippen LogP) is 2.43. The number of hydrogen-bond acceptors (Lipinski definition) is 4. The van der Waals surface area contributed by atoms with Crippen LogP contribution in [0.4, 0.5) is 5.69 Å². The second-order valence-electron chi connectivity index (χ2n) is 7.83. The molecule has 1 saturated heterocycles. The zero-order valence-corrected chi connectivity index (χ0v) is 16.2. The second kappa shape index (κ2) is 7.25. The van der Waals surface area contributed by atoms with E-state index in [-0.39, 0.29) is 5.91 Å². The molecule has 1 N–H and O–H groups in total. The minimum Gasteiger partial charge on any atom is -0.388 e. The Bertz CT molecular complexity index is 793. The number of fused-ring (bicyclic) bond motifs is 1. The summed E-state index contributed by atoms with van der Waals surface area (Å²) in [4.78, 5) is 19.1. The average Bonchev–Trinajstić information content (AvgIpc) is 2.59. The number of likely N-dealkylation sites (N-methyl/N-ethyl adjacent to an activating group) is 1. The van der Waals surface area contributed by atoms with Gasteiger partial charge in [-0.05, 0) is 44.5 Å². The molecule has 0 atom stereocenters. The first-order chi connectivity index (χ1) is 12.3. The highest BCUT2D eigenvalue weighted by molar-refractivity contribution is 6.10. The SMILES string of the molecule is CN(C)CC1(O)CCN(C(=O)c2ccc(N(C)C)c3ccccc23)CC1. The van der Waals surface area contributed by atoms with Crippen molar-refractivity contribution in [1.82, 2.24) is 9.80 Å². The minimum atomic E-state index is -0.697. The van der Waals surface area contributed by atoms with Crippen LogP contribution >= 0.6 is 0 Å². The maximum atomic E-state index is 13.1. The number of nitrogens with zero attached hydrogens (tertiary/aromatic N) is 3. The van der Waals surface area contributed by atoms with E-state index in [0.29, 0.717) is 32.5 Å². The first-order valence-corrected chi connectivity index (χ1v) is 9.16. The lowest BCUT2D eigenvalue weighted by Gasteiger charge is -2.39. The van der Waals surface area contributed by atoms with Crippen molar-refractivity contribution in [2.75, 3.05) is 52.7 Å². The summed E-state index contributed by atoms with van der Waals surface area (Å²) in [6.07, 6.45) is 1.23. The molecular weight excluding hydrogens is 326 g/mol. The van der Waals surface area contributed by atoms with Crippen LogP contribution in [0.1, 0.15) is 23.2 Å². The van der Waals surface area contributed by atoms with E-state index in [1.54, 1.807) is 0 Å². The molecule has 5 nitrogen and oxygen atoms in total. The lowest BCUT2D eigenvalue weighted by atomic mass is 9.90. The van der Waals surface area contributed by atoms with E-state index in [1.807, 2.05) is 68.3 Å². The summed E-state index contributed by atoms with van der Waals surface area (Å²) in [5.41, 5.74) is 1.15.